The average Bonchev–Trinajstić information content (AvgIpc) is 2.58. The highest BCUT2D eigenvalue weighted by Crippen LogP contribution is 2.11. The van der Waals surface area contributed by atoms with Gasteiger partial charge >= 0.3 is 6.03 Å². The summed E-state index contributed by atoms with van der Waals surface area (Å²) in [4.78, 5) is 10.9. The van der Waals surface area contributed by atoms with Crippen LogP contribution in [0.5, 0.6) is 0 Å². The molecule has 1 N–H and O–H groups in total. The first-order valence-electron chi connectivity index (χ1n) is 4.23. The van der Waals surface area contributed by atoms with Gasteiger partial charge in [-0.05, 0) is 18.6 Å². The quantitative estimate of drug-likeness (QED) is 0.627. The van der Waals surface area contributed by atoms with E-state index in [9.17, 15) is 4.79 Å². The second-order valence-electron chi connectivity index (χ2n) is 2.54. The predicted molar refractivity (Wildman–Crippen MR) is 48.2 cm³/mol. The molecule has 12 heavy (non-hydrogen) atoms. The Morgan fingerprint density at radius 1 is 1.50 bits per heavy atom. The van der Waals surface area contributed by atoms with Crippen LogP contribution in [0, 0.1) is 6.92 Å². The summed E-state index contributed by atoms with van der Waals surface area (Å²) in [6, 6.07) is 2.00. The Labute approximate surface area is 72.4 Å². The number of nitrogens with zero attached hydrogens (tertiary/aromatic N) is 1. The molecule has 0 bridgehead atoms. The molecule has 3 nitrogen and oxygen atoms in total. The molecule has 0 fully saturated rings. The molecule has 0 aromatic carbocycles. The van der Waals surface area contributed by atoms with Gasteiger partial charge in [-0.3, -0.25) is 4.57 Å². The lowest BCUT2D eigenvalue weighted by Gasteiger charge is -1.89. The minimum atomic E-state index is -0.0110. The number of aromatic nitrogens is 1. The van der Waals surface area contributed by atoms with Gasteiger partial charge < -0.3 is 5.32 Å². The topological polar surface area (TPSA) is 34.0 Å². The summed E-state index contributed by atoms with van der Waals surface area (Å²) in [7, 11) is 0. The number of rotatable bonds is 0. The maximum atomic E-state index is 10.9. The van der Waals surface area contributed by atoms with Crippen molar-refractivity contribution in [2.75, 3.05) is 0 Å². The van der Waals surface area contributed by atoms with E-state index in [0.29, 0.717) is 6.54 Å². The van der Waals surface area contributed by atoms with E-state index >= 15 is 0 Å². The van der Waals surface area contributed by atoms with Crippen LogP contribution in [0.2, 0.25) is 0 Å². The number of amides is 1. The largest absolute Gasteiger partial charge is 0.332 e. The fourth-order valence-corrected chi connectivity index (χ4v) is 1.23. The lowest BCUT2D eigenvalue weighted by molar-refractivity contribution is 0.246. The predicted octanol–water partition coefficient (Wildman–Crippen LogP) is 1.89. The Morgan fingerprint density at radius 3 is 2.75 bits per heavy atom. The molecule has 66 valence electrons. The van der Waals surface area contributed by atoms with E-state index in [2.05, 4.69) is 5.32 Å². The summed E-state index contributed by atoms with van der Waals surface area (Å²) in [5, 5.41) is 2.72. The number of nitrogens with one attached hydrogen (secondary N) is 1. The van der Waals surface area contributed by atoms with Crippen molar-refractivity contribution >= 4 is 6.03 Å². The van der Waals surface area contributed by atoms with Crippen molar-refractivity contribution in [1.29, 1.82) is 0 Å². The van der Waals surface area contributed by atoms with Crippen LogP contribution in [-0.2, 0) is 6.54 Å². The summed E-state index contributed by atoms with van der Waals surface area (Å²) in [6.45, 7) is 6.66. The van der Waals surface area contributed by atoms with E-state index in [1.807, 2.05) is 33.0 Å². The van der Waals surface area contributed by atoms with Crippen molar-refractivity contribution in [3.63, 3.8) is 0 Å². The fourth-order valence-electron chi connectivity index (χ4n) is 1.23. The third kappa shape index (κ3) is 1.35. The van der Waals surface area contributed by atoms with Gasteiger partial charge in [-0.2, -0.15) is 0 Å². The lowest BCUT2D eigenvalue weighted by atomic mass is 10.3. The van der Waals surface area contributed by atoms with Crippen LogP contribution in [-0.4, -0.2) is 10.6 Å². The van der Waals surface area contributed by atoms with Crippen LogP contribution in [0.25, 0.3) is 0 Å². The number of hydrogen-bond donors (Lipinski definition) is 1. The van der Waals surface area contributed by atoms with E-state index in [4.69, 9.17) is 0 Å². The van der Waals surface area contributed by atoms with Gasteiger partial charge in [0.25, 0.3) is 0 Å². The molecule has 1 aliphatic rings. The third-order valence-corrected chi connectivity index (χ3v) is 1.68. The SMILES string of the molecule is CC.Cc1cc2n(c1)C(=O)NC2. The van der Waals surface area contributed by atoms with Crippen LogP contribution in [0.1, 0.15) is 25.1 Å². The number of aryl methyl sites for hydroxylation is 1. The van der Waals surface area contributed by atoms with Crippen LogP contribution in [0.15, 0.2) is 12.3 Å². The minimum Gasteiger partial charge on any atom is -0.332 e. The Bertz CT molecular complexity index is 289. The van der Waals surface area contributed by atoms with Gasteiger partial charge in [0.1, 0.15) is 0 Å². The molecule has 3 heteroatoms. The number of carbonyl (C=O) groups is 1. The van der Waals surface area contributed by atoms with Crippen molar-refractivity contribution in [2.45, 2.75) is 27.3 Å². The molecular weight excluding hydrogens is 152 g/mol. The summed E-state index contributed by atoms with van der Waals surface area (Å²) in [5.41, 5.74) is 2.20. The maximum absolute atomic E-state index is 10.9. The molecule has 0 saturated heterocycles. The highest BCUT2D eigenvalue weighted by molar-refractivity contribution is 5.80. The molecule has 0 unspecified atom stereocenters. The molecule has 0 radical (unpaired) electrons. The third-order valence-electron chi connectivity index (χ3n) is 1.68. The molecule has 1 aliphatic heterocycles. The molecule has 1 aromatic rings. The molecule has 1 amide bonds. The number of hydrogen-bond acceptors (Lipinski definition) is 1. The zero-order valence-corrected chi connectivity index (χ0v) is 7.72. The maximum Gasteiger partial charge on any atom is 0.326 e. The zero-order chi connectivity index (χ0) is 9.14. The Hall–Kier alpha value is -1.25. The standard InChI is InChI=1S/C7H8N2O.C2H6/c1-5-2-6-3-8-7(10)9(6)4-5;1-2/h2,4H,3H2,1H3,(H,8,10);1-2H3. The van der Waals surface area contributed by atoms with Gasteiger partial charge in [0.05, 0.1) is 6.54 Å². The first kappa shape index (κ1) is 8.84. The molecule has 2 heterocycles. The Morgan fingerprint density at radius 2 is 2.17 bits per heavy atom. The second-order valence-corrected chi connectivity index (χ2v) is 2.54. The highest BCUT2D eigenvalue weighted by Gasteiger charge is 2.16. The van der Waals surface area contributed by atoms with Crippen molar-refractivity contribution in [2.24, 2.45) is 0 Å². The minimum absolute atomic E-state index is 0.0110. The van der Waals surface area contributed by atoms with Crippen molar-refractivity contribution in [1.82, 2.24) is 9.88 Å². The monoisotopic (exact) mass is 166 g/mol. The van der Waals surface area contributed by atoms with E-state index in [-0.39, 0.29) is 6.03 Å². The highest BCUT2D eigenvalue weighted by atomic mass is 16.2. The molecule has 2 rings (SSSR count). The average molecular weight is 166 g/mol. The second kappa shape index (κ2) is 3.43. The smallest absolute Gasteiger partial charge is 0.326 e. The van der Waals surface area contributed by atoms with Crippen LogP contribution < -0.4 is 5.32 Å². The van der Waals surface area contributed by atoms with Gasteiger partial charge in [-0.15, -0.1) is 0 Å². The van der Waals surface area contributed by atoms with Crippen LogP contribution in [0.4, 0.5) is 4.79 Å². The summed E-state index contributed by atoms with van der Waals surface area (Å²) >= 11 is 0. The van der Waals surface area contributed by atoms with Gasteiger partial charge in [0.2, 0.25) is 0 Å². The van der Waals surface area contributed by atoms with Gasteiger partial charge in [0.15, 0.2) is 0 Å². The molecule has 0 saturated carbocycles. The number of carbonyl (C=O) groups excluding carboxylic acids is 1. The Balaban J connectivity index is 0.000000336. The fraction of sp³-hybridized carbons (Fsp3) is 0.444. The first-order valence-corrected chi connectivity index (χ1v) is 4.23. The summed E-state index contributed by atoms with van der Waals surface area (Å²) in [6.07, 6.45) is 1.84. The first-order chi connectivity index (χ1) is 5.77. The van der Waals surface area contributed by atoms with Gasteiger partial charge in [-0.25, -0.2) is 4.79 Å². The van der Waals surface area contributed by atoms with Crippen molar-refractivity contribution in [3.05, 3.63) is 23.5 Å². The molecular formula is C9H14N2O. The normalized spacial score (nSPS) is 13.1. The van der Waals surface area contributed by atoms with Crippen LogP contribution >= 0.6 is 0 Å². The van der Waals surface area contributed by atoms with E-state index < -0.39 is 0 Å². The number of fused-ring (bicyclic) bond motifs is 1. The van der Waals surface area contributed by atoms with Crippen molar-refractivity contribution < 1.29 is 4.79 Å². The lowest BCUT2D eigenvalue weighted by Crippen LogP contribution is -2.16. The molecule has 0 aliphatic carbocycles. The molecule has 0 spiro atoms. The van der Waals surface area contributed by atoms with Crippen molar-refractivity contribution in [3.8, 4) is 0 Å². The van der Waals surface area contributed by atoms with E-state index in [0.717, 1.165) is 11.3 Å². The van der Waals surface area contributed by atoms with Crippen LogP contribution in [0.3, 0.4) is 0 Å². The summed E-state index contributed by atoms with van der Waals surface area (Å²) in [5.74, 6) is 0. The van der Waals surface area contributed by atoms with Gasteiger partial charge in [0, 0.05) is 11.9 Å². The van der Waals surface area contributed by atoms with Gasteiger partial charge in [-0.1, -0.05) is 13.8 Å². The molecule has 0 atom stereocenters. The summed E-state index contributed by atoms with van der Waals surface area (Å²) < 4.78 is 1.65. The van der Waals surface area contributed by atoms with E-state index in [1.54, 1.807) is 4.57 Å². The Kier molecular flexibility index (Phi) is 2.53. The van der Waals surface area contributed by atoms with E-state index in [1.165, 1.54) is 0 Å². The zero-order valence-electron chi connectivity index (χ0n) is 7.72. The molecule has 1 aromatic heterocycles.